The highest BCUT2D eigenvalue weighted by atomic mass is 16.4. The van der Waals surface area contributed by atoms with Gasteiger partial charge < -0.3 is 19.9 Å². The smallest absolute Gasteiger partial charge is 0.356 e. The quantitative estimate of drug-likeness (QED) is 0.775. The zero-order valence-electron chi connectivity index (χ0n) is 10.7. The molecule has 1 atom stereocenters. The van der Waals surface area contributed by atoms with Crippen LogP contribution in [0, 0.1) is 0 Å². The van der Waals surface area contributed by atoms with E-state index in [1.807, 2.05) is 0 Å². The summed E-state index contributed by atoms with van der Waals surface area (Å²) in [4.78, 5) is 15.4. The topological polar surface area (TPSA) is 95.6 Å². The van der Waals surface area contributed by atoms with E-state index >= 15 is 0 Å². The number of carboxylic acid groups (broad SMARTS) is 1. The summed E-state index contributed by atoms with van der Waals surface area (Å²) in [6.07, 6.45) is 0.429. The first kappa shape index (κ1) is 12.7. The second-order valence-corrected chi connectivity index (χ2v) is 4.80. The minimum Gasteiger partial charge on any atom is -0.507 e. The van der Waals surface area contributed by atoms with Crippen LogP contribution in [0.25, 0.3) is 11.4 Å². The Morgan fingerprint density at radius 1 is 1.35 bits per heavy atom. The molecule has 0 aliphatic carbocycles. The summed E-state index contributed by atoms with van der Waals surface area (Å²) in [5, 5.41) is 29.2. The molecule has 0 fully saturated rings. The predicted octanol–water partition coefficient (Wildman–Crippen LogP) is 1.78. The third kappa shape index (κ3) is 1.85. The number of phenolic OH excluding ortho intramolecular Hbond substituents is 1. The molecule has 6 nitrogen and oxygen atoms in total. The van der Waals surface area contributed by atoms with Crippen LogP contribution in [-0.4, -0.2) is 30.8 Å². The van der Waals surface area contributed by atoms with Crippen molar-refractivity contribution in [3.8, 4) is 17.1 Å². The summed E-state index contributed by atoms with van der Waals surface area (Å²) in [6.45, 7) is 0.580. The van der Waals surface area contributed by atoms with E-state index in [0.29, 0.717) is 30.0 Å². The van der Waals surface area contributed by atoms with Crippen LogP contribution in [0.3, 0.4) is 0 Å². The van der Waals surface area contributed by atoms with Gasteiger partial charge in [0.25, 0.3) is 0 Å². The number of hydrogen-bond acceptors (Lipinski definition) is 4. The number of phenols is 1. The fourth-order valence-electron chi connectivity index (χ4n) is 2.63. The maximum Gasteiger partial charge on any atom is 0.356 e. The second kappa shape index (κ2) is 4.64. The standard InChI is InChI=1S/C14H14N2O4/c17-9-5-2-1-4-8(9)13-15-11(14(19)20)12-10(18)6-3-7-16(12)13/h1-2,4-5,10,17-18H,3,6-7H2,(H,19,20). The van der Waals surface area contributed by atoms with Crippen LogP contribution >= 0.6 is 0 Å². The molecule has 3 N–H and O–H groups in total. The number of hydrogen-bond donors (Lipinski definition) is 3. The molecule has 2 aromatic rings. The molecule has 2 heterocycles. The van der Waals surface area contributed by atoms with Gasteiger partial charge in [0.05, 0.1) is 17.4 Å². The molecule has 6 heteroatoms. The largest absolute Gasteiger partial charge is 0.507 e. The lowest BCUT2D eigenvalue weighted by Gasteiger charge is -2.22. The summed E-state index contributed by atoms with van der Waals surface area (Å²) in [6, 6.07) is 6.64. The molecule has 1 aromatic heterocycles. The van der Waals surface area contributed by atoms with Crippen molar-refractivity contribution < 1.29 is 20.1 Å². The van der Waals surface area contributed by atoms with Crippen molar-refractivity contribution in [1.82, 2.24) is 9.55 Å². The van der Waals surface area contributed by atoms with Gasteiger partial charge >= 0.3 is 5.97 Å². The van der Waals surface area contributed by atoms with Crippen LogP contribution < -0.4 is 0 Å². The normalized spacial score (nSPS) is 17.8. The number of para-hydroxylation sites is 1. The van der Waals surface area contributed by atoms with Crippen LogP contribution in [0.1, 0.15) is 35.1 Å². The number of fused-ring (bicyclic) bond motifs is 1. The average Bonchev–Trinajstić information content (AvgIpc) is 2.80. The van der Waals surface area contributed by atoms with Gasteiger partial charge in [0.15, 0.2) is 5.69 Å². The molecule has 1 unspecified atom stereocenters. The molecular weight excluding hydrogens is 260 g/mol. The van der Waals surface area contributed by atoms with E-state index in [4.69, 9.17) is 0 Å². The van der Waals surface area contributed by atoms with Gasteiger partial charge in [-0.05, 0) is 25.0 Å². The maximum atomic E-state index is 11.3. The molecule has 0 bridgehead atoms. The van der Waals surface area contributed by atoms with Gasteiger partial charge in [-0.25, -0.2) is 9.78 Å². The Morgan fingerprint density at radius 3 is 2.80 bits per heavy atom. The van der Waals surface area contributed by atoms with E-state index in [2.05, 4.69) is 4.98 Å². The van der Waals surface area contributed by atoms with Gasteiger partial charge in [0.1, 0.15) is 11.6 Å². The molecule has 1 aliphatic rings. The van der Waals surface area contributed by atoms with Gasteiger partial charge in [0.2, 0.25) is 0 Å². The van der Waals surface area contributed by atoms with E-state index in [0.717, 1.165) is 6.42 Å². The van der Waals surface area contributed by atoms with Crippen molar-refractivity contribution in [2.75, 3.05) is 0 Å². The first-order chi connectivity index (χ1) is 9.59. The molecule has 104 valence electrons. The highest BCUT2D eigenvalue weighted by Crippen LogP contribution is 2.35. The lowest BCUT2D eigenvalue weighted by Crippen LogP contribution is -2.18. The van der Waals surface area contributed by atoms with Crippen molar-refractivity contribution in [3.05, 3.63) is 35.7 Å². The molecule has 0 amide bonds. The van der Waals surface area contributed by atoms with E-state index in [-0.39, 0.29) is 11.4 Å². The van der Waals surface area contributed by atoms with Crippen molar-refractivity contribution >= 4 is 5.97 Å². The van der Waals surface area contributed by atoms with Gasteiger partial charge in [-0.15, -0.1) is 0 Å². The molecule has 0 spiro atoms. The molecule has 1 aliphatic heterocycles. The molecule has 3 rings (SSSR count). The van der Waals surface area contributed by atoms with Gasteiger partial charge in [0, 0.05) is 6.54 Å². The number of aromatic nitrogens is 2. The van der Waals surface area contributed by atoms with Crippen molar-refractivity contribution in [2.45, 2.75) is 25.5 Å². The van der Waals surface area contributed by atoms with Crippen LogP contribution in [0.4, 0.5) is 0 Å². The summed E-state index contributed by atoms with van der Waals surface area (Å²) >= 11 is 0. The highest BCUT2D eigenvalue weighted by Gasteiger charge is 2.30. The van der Waals surface area contributed by atoms with Crippen molar-refractivity contribution in [3.63, 3.8) is 0 Å². The van der Waals surface area contributed by atoms with Crippen molar-refractivity contribution in [1.29, 1.82) is 0 Å². The number of imidazole rings is 1. The zero-order chi connectivity index (χ0) is 14.3. The Morgan fingerprint density at radius 2 is 2.10 bits per heavy atom. The molecule has 1 aromatic carbocycles. The SMILES string of the molecule is O=C(O)c1nc(-c2ccccc2O)n2c1C(O)CCC2. The minimum absolute atomic E-state index is 0.0392. The fourth-order valence-corrected chi connectivity index (χ4v) is 2.63. The number of nitrogens with zero attached hydrogens (tertiary/aromatic N) is 2. The van der Waals surface area contributed by atoms with Crippen LogP contribution in [-0.2, 0) is 6.54 Å². The van der Waals surface area contributed by atoms with Crippen LogP contribution in [0.2, 0.25) is 0 Å². The first-order valence-electron chi connectivity index (χ1n) is 6.39. The summed E-state index contributed by atoms with van der Waals surface area (Å²) in [5.74, 6) is -0.747. The predicted molar refractivity (Wildman–Crippen MR) is 70.5 cm³/mol. The zero-order valence-corrected chi connectivity index (χ0v) is 10.7. The Bertz CT molecular complexity index is 678. The third-order valence-corrected chi connectivity index (χ3v) is 3.53. The number of rotatable bonds is 2. The average molecular weight is 274 g/mol. The number of carbonyl (C=O) groups is 1. The first-order valence-corrected chi connectivity index (χ1v) is 6.39. The number of aromatic hydroxyl groups is 1. The molecule has 0 radical (unpaired) electrons. The third-order valence-electron chi connectivity index (χ3n) is 3.53. The van der Waals surface area contributed by atoms with E-state index < -0.39 is 12.1 Å². The Labute approximate surface area is 114 Å². The van der Waals surface area contributed by atoms with E-state index in [9.17, 15) is 20.1 Å². The Kier molecular flexibility index (Phi) is 2.94. The van der Waals surface area contributed by atoms with Gasteiger partial charge in [-0.3, -0.25) is 0 Å². The molecule has 20 heavy (non-hydrogen) atoms. The summed E-state index contributed by atoms with van der Waals surface area (Å²) in [7, 11) is 0. The summed E-state index contributed by atoms with van der Waals surface area (Å²) in [5.41, 5.74) is 0.646. The molecule has 0 saturated heterocycles. The number of aliphatic hydroxyl groups excluding tert-OH is 1. The van der Waals surface area contributed by atoms with E-state index in [1.165, 1.54) is 6.07 Å². The van der Waals surface area contributed by atoms with Crippen LogP contribution in [0.15, 0.2) is 24.3 Å². The second-order valence-electron chi connectivity index (χ2n) is 4.80. The van der Waals surface area contributed by atoms with Crippen LogP contribution in [0.5, 0.6) is 5.75 Å². The molecule has 0 saturated carbocycles. The number of aliphatic hydroxyl groups is 1. The number of carboxylic acids is 1. The minimum atomic E-state index is -1.17. The van der Waals surface area contributed by atoms with E-state index in [1.54, 1.807) is 22.8 Å². The number of benzene rings is 1. The summed E-state index contributed by atoms with van der Waals surface area (Å²) < 4.78 is 1.69. The highest BCUT2D eigenvalue weighted by molar-refractivity contribution is 5.88. The fraction of sp³-hybridized carbons (Fsp3) is 0.286. The van der Waals surface area contributed by atoms with Gasteiger partial charge in [-0.1, -0.05) is 12.1 Å². The lowest BCUT2D eigenvalue weighted by molar-refractivity contribution is 0.0677. The Hall–Kier alpha value is -2.34. The van der Waals surface area contributed by atoms with Gasteiger partial charge in [-0.2, -0.15) is 0 Å². The Balaban J connectivity index is 2.25. The maximum absolute atomic E-state index is 11.3. The molecular formula is C14H14N2O4. The number of aromatic carboxylic acids is 1. The lowest BCUT2D eigenvalue weighted by atomic mass is 10.0. The van der Waals surface area contributed by atoms with Crippen molar-refractivity contribution in [2.24, 2.45) is 0 Å². The monoisotopic (exact) mass is 274 g/mol.